The summed E-state index contributed by atoms with van der Waals surface area (Å²) in [6.07, 6.45) is 7.79. The zero-order valence-electron chi connectivity index (χ0n) is 14.6. The molecule has 0 fully saturated rings. The minimum Gasteiger partial charge on any atom is -0.205 e. The third-order valence-corrected chi connectivity index (χ3v) is 2.49. The summed E-state index contributed by atoms with van der Waals surface area (Å²) in [6, 6.07) is -0.835. The number of hydrogen-bond donors (Lipinski definition) is 0. The Morgan fingerprint density at radius 1 is 0.867 bits per heavy atom. The standard InChI is InChI=1S/C14H24N/c1-2-3-4-5-6-7-9-12-15-13-10-8-11-14-15/h8,10-11,13-14H,2-7,9,12H2,1H3/q+1/i8D,10D,11D,13D,14D. The van der Waals surface area contributed by atoms with E-state index in [1.54, 1.807) is 0 Å². The second-order valence-electron chi connectivity index (χ2n) is 3.87. The SMILES string of the molecule is [2H]c1c([2H])c([2H])[n+](CCCCCCCCC)c([2H])c1[2H]. The number of hydrogen-bond acceptors (Lipinski definition) is 0. The number of unbranched alkanes of at least 4 members (excludes halogenated alkanes) is 6. The maximum Gasteiger partial charge on any atom is 0.168 e. The molecule has 0 spiro atoms. The Labute approximate surface area is 101 Å². The quantitative estimate of drug-likeness (QED) is 0.456. The van der Waals surface area contributed by atoms with Gasteiger partial charge in [0.2, 0.25) is 0 Å². The lowest BCUT2D eigenvalue weighted by molar-refractivity contribution is -0.697. The van der Waals surface area contributed by atoms with E-state index in [2.05, 4.69) is 6.92 Å². The molecule has 1 nitrogen and oxygen atoms in total. The maximum absolute atomic E-state index is 7.80. The van der Waals surface area contributed by atoms with Gasteiger partial charge in [0, 0.05) is 18.5 Å². The molecule has 1 aromatic heterocycles. The summed E-state index contributed by atoms with van der Waals surface area (Å²) in [5, 5.41) is 0. The first-order chi connectivity index (χ1) is 9.50. The number of pyridine rings is 1. The molecule has 1 heterocycles. The Kier molecular flexibility index (Phi) is 3.76. The summed E-state index contributed by atoms with van der Waals surface area (Å²) >= 11 is 0. The van der Waals surface area contributed by atoms with Crippen LogP contribution in [-0.2, 0) is 6.54 Å². The second kappa shape index (κ2) is 8.46. The second-order valence-corrected chi connectivity index (χ2v) is 3.87. The Morgan fingerprint density at radius 2 is 1.47 bits per heavy atom. The fraction of sp³-hybridized carbons (Fsp3) is 0.643. The van der Waals surface area contributed by atoms with Crippen molar-refractivity contribution in [1.82, 2.24) is 0 Å². The first-order valence-electron chi connectivity index (χ1n) is 8.47. The van der Waals surface area contributed by atoms with E-state index >= 15 is 0 Å². The van der Waals surface area contributed by atoms with E-state index in [0.717, 1.165) is 19.3 Å². The molecule has 1 heteroatoms. The predicted molar refractivity (Wildman–Crippen MR) is 64.6 cm³/mol. The van der Waals surface area contributed by atoms with Crippen molar-refractivity contribution in [3.63, 3.8) is 0 Å². The number of nitrogens with zero attached hydrogens (tertiary/aromatic N) is 1. The molecule has 0 N–H and O–H groups in total. The van der Waals surface area contributed by atoms with Gasteiger partial charge in [-0.05, 0) is 6.42 Å². The molecule has 1 aromatic rings. The van der Waals surface area contributed by atoms with Crippen LogP contribution in [0.15, 0.2) is 30.5 Å². The van der Waals surface area contributed by atoms with Crippen LogP contribution in [0.1, 0.15) is 58.7 Å². The van der Waals surface area contributed by atoms with Crippen LogP contribution in [0.2, 0.25) is 0 Å². The average molecular weight is 211 g/mol. The van der Waals surface area contributed by atoms with Crippen molar-refractivity contribution in [3.05, 3.63) is 30.5 Å². The van der Waals surface area contributed by atoms with Crippen molar-refractivity contribution in [2.45, 2.75) is 58.4 Å². The van der Waals surface area contributed by atoms with Crippen LogP contribution >= 0.6 is 0 Å². The van der Waals surface area contributed by atoms with Gasteiger partial charge in [0.25, 0.3) is 0 Å². The summed E-state index contributed by atoms with van der Waals surface area (Å²) in [5.74, 6) is 0. The van der Waals surface area contributed by atoms with Crippen molar-refractivity contribution in [1.29, 1.82) is 0 Å². The number of aromatic nitrogens is 1. The highest BCUT2D eigenvalue weighted by Gasteiger charge is 1.97. The van der Waals surface area contributed by atoms with Gasteiger partial charge in [0.15, 0.2) is 12.3 Å². The van der Waals surface area contributed by atoms with Crippen LogP contribution in [-0.4, -0.2) is 0 Å². The van der Waals surface area contributed by atoms with E-state index in [1.807, 2.05) is 0 Å². The Balaban J connectivity index is 2.52. The van der Waals surface area contributed by atoms with Crippen molar-refractivity contribution in [3.8, 4) is 0 Å². The normalized spacial score (nSPS) is 15.1. The van der Waals surface area contributed by atoms with Gasteiger partial charge >= 0.3 is 0 Å². The van der Waals surface area contributed by atoms with Gasteiger partial charge in [-0.3, -0.25) is 0 Å². The van der Waals surface area contributed by atoms with Crippen molar-refractivity contribution in [2.75, 3.05) is 0 Å². The topological polar surface area (TPSA) is 3.88 Å². The lowest BCUT2D eigenvalue weighted by Crippen LogP contribution is -2.32. The third kappa shape index (κ3) is 6.27. The molecule has 0 unspecified atom stereocenters. The molecule has 0 saturated heterocycles. The predicted octanol–water partition coefficient (Wildman–Crippen LogP) is 3.72. The van der Waals surface area contributed by atoms with Gasteiger partial charge in [0.05, 0.1) is 4.11 Å². The summed E-state index contributed by atoms with van der Waals surface area (Å²) < 4.78 is 39.7. The van der Waals surface area contributed by atoms with E-state index in [1.165, 1.54) is 30.3 Å². The highest BCUT2D eigenvalue weighted by atomic mass is 14.9. The molecule has 0 saturated carbocycles. The molecule has 0 aromatic carbocycles. The molecule has 1 rings (SSSR count). The van der Waals surface area contributed by atoms with E-state index < -0.39 is 0 Å². The van der Waals surface area contributed by atoms with Gasteiger partial charge < -0.3 is 0 Å². The Bertz CT molecular complexity index is 419. The number of rotatable bonds is 8. The summed E-state index contributed by atoms with van der Waals surface area (Å²) in [4.78, 5) is 0. The van der Waals surface area contributed by atoms with Gasteiger partial charge in [-0.15, -0.1) is 0 Å². The summed E-state index contributed by atoms with van der Waals surface area (Å²) in [5.41, 5.74) is 0. The summed E-state index contributed by atoms with van der Waals surface area (Å²) in [7, 11) is 0. The van der Waals surface area contributed by atoms with E-state index in [0.29, 0.717) is 6.54 Å². The van der Waals surface area contributed by atoms with Crippen molar-refractivity contribution >= 4 is 0 Å². The van der Waals surface area contributed by atoms with Crippen LogP contribution in [0.25, 0.3) is 0 Å². The minimum absolute atomic E-state index is 0.123. The van der Waals surface area contributed by atoms with Gasteiger partial charge in [-0.2, -0.15) is 0 Å². The lowest BCUT2D eigenvalue weighted by Gasteiger charge is -1.99. The van der Waals surface area contributed by atoms with Crippen LogP contribution in [0.5, 0.6) is 0 Å². The van der Waals surface area contributed by atoms with Gasteiger partial charge in [-0.25, -0.2) is 4.57 Å². The molecular formula is C14H24N+. The van der Waals surface area contributed by atoms with Crippen molar-refractivity contribution in [2.24, 2.45) is 0 Å². The average Bonchev–Trinajstić information content (AvgIpc) is 2.45. The fourth-order valence-corrected chi connectivity index (χ4v) is 1.59. The molecule has 0 aliphatic rings. The highest BCUT2D eigenvalue weighted by Crippen LogP contribution is 2.06. The fourth-order valence-electron chi connectivity index (χ4n) is 1.59. The summed E-state index contributed by atoms with van der Waals surface area (Å²) in [6.45, 7) is 2.68. The van der Waals surface area contributed by atoms with Crippen LogP contribution in [0, 0.1) is 0 Å². The molecule has 0 radical (unpaired) electrons. The van der Waals surface area contributed by atoms with Gasteiger partial charge in [-0.1, -0.05) is 45.1 Å². The first kappa shape index (κ1) is 6.67. The smallest absolute Gasteiger partial charge is 0.168 e. The molecule has 0 atom stereocenters. The van der Waals surface area contributed by atoms with E-state index in [-0.39, 0.29) is 30.5 Å². The van der Waals surface area contributed by atoms with Crippen LogP contribution < -0.4 is 4.57 Å². The molecule has 84 valence electrons. The van der Waals surface area contributed by atoms with E-state index in [9.17, 15) is 0 Å². The zero-order valence-corrected chi connectivity index (χ0v) is 9.60. The molecule has 0 amide bonds. The molecular weight excluding hydrogens is 182 g/mol. The molecule has 0 aliphatic carbocycles. The van der Waals surface area contributed by atoms with Crippen LogP contribution in [0.3, 0.4) is 0 Å². The Hall–Kier alpha value is -0.850. The largest absolute Gasteiger partial charge is 0.205 e. The van der Waals surface area contributed by atoms with Crippen molar-refractivity contribution < 1.29 is 11.4 Å². The lowest BCUT2D eigenvalue weighted by atomic mass is 10.1. The molecule has 0 bridgehead atoms. The Morgan fingerprint density at radius 3 is 2.13 bits per heavy atom. The monoisotopic (exact) mass is 211 g/mol. The third-order valence-electron chi connectivity index (χ3n) is 2.49. The maximum atomic E-state index is 7.80. The van der Waals surface area contributed by atoms with Gasteiger partial charge in [0.1, 0.15) is 9.29 Å². The van der Waals surface area contributed by atoms with E-state index in [4.69, 9.17) is 6.85 Å². The molecule has 15 heavy (non-hydrogen) atoms. The molecule has 0 aliphatic heterocycles. The highest BCUT2D eigenvalue weighted by molar-refractivity contribution is 4.83. The van der Waals surface area contributed by atoms with Crippen LogP contribution in [0.4, 0.5) is 0 Å². The minimum atomic E-state index is -0.323. The first-order valence-corrected chi connectivity index (χ1v) is 5.97. The zero-order chi connectivity index (χ0) is 15.1.